The Kier molecular flexibility index (Phi) is 2.02. The summed E-state index contributed by atoms with van der Waals surface area (Å²) in [5.41, 5.74) is 4.26. The highest BCUT2D eigenvalue weighted by Gasteiger charge is 2.08. The Bertz CT molecular complexity index is 473. The Morgan fingerprint density at radius 2 is 1.77 bits per heavy atom. The molecule has 2 rings (SSSR count). The van der Waals surface area contributed by atoms with Crippen LogP contribution in [0.4, 0.5) is 0 Å². The third-order valence-corrected chi connectivity index (χ3v) is 2.81. The van der Waals surface area contributed by atoms with Crippen LogP contribution in [0.2, 0.25) is 0 Å². The molecule has 13 heavy (non-hydrogen) atoms. The van der Waals surface area contributed by atoms with Gasteiger partial charge >= 0.3 is 0 Å². The van der Waals surface area contributed by atoms with Crippen LogP contribution in [0, 0.1) is 24.6 Å². The second-order valence-electron chi connectivity index (χ2n) is 3.15. The monoisotopic (exact) mass is 287 g/mol. The predicted molar refractivity (Wildman–Crippen MR) is 59.9 cm³/mol. The number of nitrogens with zero attached hydrogens (tertiary/aromatic N) is 3. The average molecular weight is 287 g/mol. The number of halogens is 1. The molecule has 0 aliphatic rings. The third kappa shape index (κ3) is 1.33. The molecule has 0 aliphatic carbocycles. The molecular formula is C9H10IN3. The van der Waals surface area contributed by atoms with Gasteiger partial charge in [0.2, 0.25) is 0 Å². The summed E-state index contributed by atoms with van der Waals surface area (Å²) in [4.78, 5) is 8.81. The van der Waals surface area contributed by atoms with E-state index in [2.05, 4.69) is 37.0 Å². The fourth-order valence-electron chi connectivity index (χ4n) is 1.60. The van der Waals surface area contributed by atoms with Crippen molar-refractivity contribution in [3.8, 4) is 0 Å². The van der Waals surface area contributed by atoms with Gasteiger partial charge in [-0.3, -0.25) is 9.38 Å². The van der Waals surface area contributed by atoms with E-state index in [-0.39, 0.29) is 0 Å². The SMILES string of the molecule is Cc1cn2c(I)nc(C)c2c(C)n1. The van der Waals surface area contributed by atoms with E-state index in [0.717, 1.165) is 26.4 Å². The van der Waals surface area contributed by atoms with Crippen LogP contribution in [0.15, 0.2) is 6.20 Å². The van der Waals surface area contributed by atoms with Crippen molar-refractivity contribution < 1.29 is 0 Å². The molecule has 0 amide bonds. The molecule has 0 aromatic carbocycles. The molecule has 0 bridgehead atoms. The maximum absolute atomic E-state index is 4.41. The van der Waals surface area contributed by atoms with Crippen molar-refractivity contribution in [1.29, 1.82) is 0 Å². The summed E-state index contributed by atoms with van der Waals surface area (Å²) in [7, 11) is 0. The smallest absolute Gasteiger partial charge is 0.176 e. The van der Waals surface area contributed by atoms with Gasteiger partial charge in [-0.1, -0.05) is 0 Å². The zero-order chi connectivity index (χ0) is 9.59. The maximum Gasteiger partial charge on any atom is 0.176 e. The largest absolute Gasteiger partial charge is 0.291 e. The fourth-order valence-corrected chi connectivity index (χ4v) is 2.34. The zero-order valence-electron chi connectivity index (χ0n) is 7.80. The van der Waals surface area contributed by atoms with Gasteiger partial charge in [0.25, 0.3) is 0 Å². The Hall–Kier alpha value is -0.650. The summed E-state index contributed by atoms with van der Waals surface area (Å²) in [6, 6.07) is 0. The van der Waals surface area contributed by atoms with Gasteiger partial charge in [0.1, 0.15) is 0 Å². The molecule has 4 heteroatoms. The summed E-state index contributed by atoms with van der Waals surface area (Å²) in [5.74, 6) is 0. The molecule has 68 valence electrons. The predicted octanol–water partition coefficient (Wildman–Crippen LogP) is 2.26. The van der Waals surface area contributed by atoms with Crippen LogP contribution in [-0.4, -0.2) is 14.4 Å². The van der Waals surface area contributed by atoms with Gasteiger partial charge in [0.15, 0.2) is 3.83 Å². The van der Waals surface area contributed by atoms with E-state index in [9.17, 15) is 0 Å². The number of rotatable bonds is 0. The van der Waals surface area contributed by atoms with E-state index in [4.69, 9.17) is 0 Å². The number of aromatic nitrogens is 3. The molecule has 3 nitrogen and oxygen atoms in total. The first kappa shape index (κ1) is 8.93. The number of imidazole rings is 1. The Balaban J connectivity index is 2.97. The van der Waals surface area contributed by atoms with Crippen LogP contribution in [0.5, 0.6) is 0 Å². The van der Waals surface area contributed by atoms with Gasteiger partial charge in [0.05, 0.1) is 22.6 Å². The normalized spacial score (nSPS) is 11.1. The van der Waals surface area contributed by atoms with Gasteiger partial charge in [-0.15, -0.1) is 0 Å². The molecule has 0 unspecified atom stereocenters. The lowest BCUT2D eigenvalue weighted by Crippen LogP contribution is -1.95. The number of aryl methyl sites for hydroxylation is 3. The summed E-state index contributed by atoms with van der Waals surface area (Å²) >= 11 is 2.24. The molecule has 0 saturated heterocycles. The molecule has 2 aromatic rings. The average Bonchev–Trinajstić information content (AvgIpc) is 2.27. The first-order valence-electron chi connectivity index (χ1n) is 4.08. The van der Waals surface area contributed by atoms with E-state index in [1.54, 1.807) is 0 Å². The van der Waals surface area contributed by atoms with E-state index >= 15 is 0 Å². The van der Waals surface area contributed by atoms with Gasteiger partial charge in [-0.05, 0) is 20.8 Å². The molecule has 0 aliphatic heterocycles. The van der Waals surface area contributed by atoms with Gasteiger partial charge in [-0.2, -0.15) is 0 Å². The summed E-state index contributed by atoms with van der Waals surface area (Å²) < 4.78 is 3.09. The lowest BCUT2D eigenvalue weighted by atomic mass is 10.3. The lowest BCUT2D eigenvalue weighted by molar-refractivity contribution is 1.01. The van der Waals surface area contributed by atoms with Crippen LogP contribution < -0.4 is 0 Å². The van der Waals surface area contributed by atoms with Gasteiger partial charge in [-0.25, -0.2) is 4.98 Å². The number of hydrogen-bond donors (Lipinski definition) is 0. The van der Waals surface area contributed by atoms with Crippen molar-refractivity contribution >= 4 is 28.1 Å². The minimum Gasteiger partial charge on any atom is -0.291 e. The Morgan fingerprint density at radius 1 is 1.15 bits per heavy atom. The molecule has 2 aromatic heterocycles. The quantitative estimate of drug-likeness (QED) is 0.696. The van der Waals surface area contributed by atoms with Crippen molar-refractivity contribution in [2.75, 3.05) is 0 Å². The molecule has 0 saturated carbocycles. The summed E-state index contributed by atoms with van der Waals surface area (Å²) in [6.45, 7) is 6.03. The highest BCUT2D eigenvalue weighted by atomic mass is 127. The van der Waals surface area contributed by atoms with Crippen molar-refractivity contribution in [3.05, 3.63) is 27.1 Å². The van der Waals surface area contributed by atoms with Crippen molar-refractivity contribution in [2.24, 2.45) is 0 Å². The third-order valence-electron chi connectivity index (χ3n) is 2.05. The molecule has 0 radical (unpaired) electrons. The van der Waals surface area contributed by atoms with Crippen molar-refractivity contribution in [3.63, 3.8) is 0 Å². The van der Waals surface area contributed by atoms with Crippen molar-refractivity contribution in [2.45, 2.75) is 20.8 Å². The molecule has 0 atom stereocenters. The molecule has 0 N–H and O–H groups in total. The molecule has 0 fully saturated rings. The van der Waals surface area contributed by atoms with Gasteiger partial charge < -0.3 is 0 Å². The lowest BCUT2D eigenvalue weighted by Gasteiger charge is -2.01. The van der Waals surface area contributed by atoms with Crippen molar-refractivity contribution in [1.82, 2.24) is 14.4 Å². The standard InChI is InChI=1S/C9H10IN3/c1-5-4-13-8(6(2)11-5)7(3)12-9(13)10/h4H,1-3H3. The second-order valence-corrected chi connectivity index (χ2v) is 4.12. The van der Waals surface area contributed by atoms with E-state index in [1.807, 2.05) is 27.0 Å². The minimum atomic E-state index is 0.999. The first-order chi connectivity index (χ1) is 6.09. The second kappa shape index (κ2) is 2.94. The zero-order valence-corrected chi connectivity index (χ0v) is 9.95. The molecular weight excluding hydrogens is 277 g/mol. The van der Waals surface area contributed by atoms with E-state index < -0.39 is 0 Å². The molecule has 2 heterocycles. The number of hydrogen-bond acceptors (Lipinski definition) is 2. The Morgan fingerprint density at radius 3 is 2.46 bits per heavy atom. The fraction of sp³-hybridized carbons (Fsp3) is 0.333. The van der Waals surface area contributed by atoms with E-state index in [1.165, 1.54) is 0 Å². The summed E-state index contributed by atoms with van der Waals surface area (Å²) in [5, 5.41) is 0. The van der Waals surface area contributed by atoms with Crippen LogP contribution in [0.1, 0.15) is 17.1 Å². The highest BCUT2D eigenvalue weighted by Crippen LogP contribution is 2.16. The van der Waals surface area contributed by atoms with Crippen LogP contribution in [0.25, 0.3) is 5.52 Å². The highest BCUT2D eigenvalue weighted by molar-refractivity contribution is 14.1. The maximum atomic E-state index is 4.41. The molecule has 0 spiro atoms. The topological polar surface area (TPSA) is 30.2 Å². The van der Waals surface area contributed by atoms with Crippen LogP contribution >= 0.6 is 22.6 Å². The van der Waals surface area contributed by atoms with Gasteiger partial charge in [0, 0.05) is 28.8 Å². The van der Waals surface area contributed by atoms with Crippen LogP contribution in [-0.2, 0) is 0 Å². The number of fused-ring (bicyclic) bond motifs is 1. The first-order valence-corrected chi connectivity index (χ1v) is 5.16. The van der Waals surface area contributed by atoms with E-state index in [0.29, 0.717) is 0 Å². The minimum absolute atomic E-state index is 0.999. The van der Waals surface area contributed by atoms with Crippen LogP contribution in [0.3, 0.4) is 0 Å². The Labute approximate surface area is 90.3 Å². The summed E-state index contributed by atoms with van der Waals surface area (Å²) in [6.07, 6.45) is 2.02.